The Morgan fingerprint density at radius 2 is 1.82 bits per heavy atom. The first-order chi connectivity index (χ1) is 16.0. The summed E-state index contributed by atoms with van der Waals surface area (Å²) < 4.78 is 1.08. The highest BCUT2D eigenvalue weighted by Crippen LogP contribution is 2.48. The summed E-state index contributed by atoms with van der Waals surface area (Å²) in [7, 11) is 0. The molecule has 1 aliphatic carbocycles. The Morgan fingerprint density at radius 1 is 1.09 bits per heavy atom. The van der Waals surface area contributed by atoms with Crippen molar-refractivity contribution < 1.29 is 4.79 Å². The highest BCUT2D eigenvalue weighted by Gasteiger charge is 2.52. The van der Waals surface area contributed by atoms with Crippen LogP contribution in [-0.4, -0.2) is 26.8 Å². The van der Waals surface area contributed by atoms with Gasteiger partial charge in [0.25, 0.3) is 0 Å². The minimum absolute atomic E-state index is 0.153. The summed E-state index contributed by atoms with van der Waals surface area (Å²) in [6, 6.07) is 17.6. The van der Waals surface area contributed by atoms with Gasteiger partial charge in [-0.05, 0) is 36.1 Å². The maximum absolute atomic E-state index is 13.6. The number of nitriles is 1. The van der Waals surface area contributed by atoms with Crippen LogP contribution >= 0.6 is 11.3 Å². The van der Waals surface area contributed by atoms with Crippen molar-refractivity contribution in [2.45, 2.75) is 26.3 Å². The van der Waals surface area contributed by atoms with Crippen molar-refractivity contribution in [1.82, 2.24) is 20.4 Å². The molecule has 1 fully saturated rings. The maximum Gasteiger partial charge on any atom is 0.205 e. The fraction of sp³-hybridized carbons (Fsp3) is 0.240. The Hall–Kier alpha value is -3.83. The lowest BCUT2D eigenvalue weighted by Gasteiger charge is -2.39. The van der Waals surface area contributed by atoms with Gasteiger partial charge in [-0.25, -0.2) is 9.97 Å². The molecule has 0 bridgehead atoms. The van der Waals surface area contributed by atoms with Crippen LogP contribution in [0.4, 0.5) is 5.13 Å². The standard InChI is InChI=1S/C25H20N6OS/c1-25(2)11-19-21(23(32)14(25)12-26)22(18-13-27-15-7-3-4-8-16(15)28-18)30-31(19)24-29-17-9-5-6-10-20(17)33-24/h3-10,13-14,19,30H,11H2,1-2H3. The molecule has 0 amide bonds. The number of ketones is 1. The highest BCUT2D eigenvalue weighted by molar-refractivity contribution is 7.22. The molecule has 2 aromatic carbocycles. The number of carbonyl (C=O) groups is 1. The number of rotatable bonds is 2. The largest absolute Gasteiger partial charge is 0.293 e. The van der Waals surface area contributed by atoms with Crippen molar-refractivity contribution in [3.63, 3.8) is 0 Å². The molecule has 7 nitrogen and oxygen atoms in total. The molecule has 0 saturated heterocycles. The zero-order valence-electron chi connectivity index (χ0n) is 18.1. The lowest BCUT2D eigenvalue weighted by Crippen LogP contribution is -2.49. The van der Waals surface area contributed by atoms with Crippen LogP contribution < -0.4 is 10.4 Å². The number of hydrazine groups is 1. The van der Waals surface area contributed by atoms with Crippen LogP contribution in [0, 0.1) is 22.7 Å². The SMILES string of the molecule is CC1(C)CC2C(=C(c3cnc4ccccc4n3)NN2c2nc3ccccc3s2)C(=O)C1C#N. The third kappa shape index (κ3) is 3.00. The first kappa shape index (κ1) is 19.8. The number of aromatic nitrogens is 3. The topological polar surface area (TPSA) is 94.8 Å². The second-order valence-corrected chi connectivity index (χ2v) is 10.1. The normalized spacial score (nSPS) is 21.8. The number of anilines is 1. The average molecular weight is 453 g/mol. The van der Waals surface area contributed by atoms with Crippen molar-refractivity contribution in [2.75, 3.05) is 5.01 Å². The van der Waals surface area contributed by atoms with Gasteiger partial charge in [0.2, 0.25) is 5.13 Å². The average Bonchev–Trinajstić information content (AvgIpc) is 3.40. The first-order valence-electron chi connectivity index (χ1n) is 10.8. The molecule has 3 heterocycles. The van der Waals surface area contributed by atoms with Crippen molar-refractivity contribution >= 4 is 49.2 Å². The molecule has 1 N–H and O–H groups in total. The molecule has 1 saturated carbocycles. The summed E-state index contributed by atoms with van der Waals surface area (Å²) in [4.78, 5) is 27.8. The summed E-state index contributed by atoms with van der Waals surface area (Å²) in [5.41, 5.74) is 7.19. The van der Waals surface area contributed by atoms with E-state index < -0.39 is 11.3 Å². The molecule has 1 aliphatic heterocycles. The molecule has 2 aliphatic rings. The van der Waals surface area contributed by atoms with Gasteiger partial charge in [-0.1, -0.05) is 49.4 Å². The van der Waals surface area contributed by atoms with Crippen LogP contribution in [0.1, 0.15) is 26.0 Å². The van der Waals surface area contributed by atoms with Crippen LogP contribution in [0.2, 0.25) is 0 Å². The number of carbonyl (C=O) groups excluding carboxylic acids is 1. The van der Waals surface area contributed by atoms with Crippen LogP contribution in [0.15, 0.2) is 60.3 Å². The van der Waals surface area contributed by atoms with E-state index in [2.05, 4.69) is 16.5 Å². The van der Waals surface area contributed by atoms with E-state index in [-0.39, 0.29) is 11.8 Å². The lowest BCUT2D eigenvalue weighted by molar-refractivity contribution is -0.122. The Bertz CT molecular complexity index is 1480. The van der Waals surface area contributed by atoms with Crippen molar-refractivity contribution in [3.8, 4) is 6.07 Å². The van der Waals surface area contributed by atoms with Crippen molar-refractivity contribution in [1.29, 1.82) is 5.26 Å². The van der Waals surface area contributed by atoms with E-state index in [1.165, 1.54) is 0 Å². The van der Waals surface area contributed by atoms with E-state index in [9.17, 15) is 10.1 Å². The third-order valence-electron chi connectivity index (χ3n) is 6.50. The number of benzene rings is 2. The van der Waals surface area contributed by atoms with Gasteiger partial charge in [0.1, 0.15) is 11.6 Å². The van der Waals surface area contributed by atoms with E-state index in [4.69, 9.17) is 9.97 Å². The van der Waals surface area contributed by atoms with Gasteiger partial charge in [-0.2, -0.15) is 5.26 Å². The Labute approximate surface area is 194 Å². The molecule has 0 radical (unpaired) electrons. The minimum atomic E-state index is -0.718. The summed E-state index contributed by atoms with van der Waals surface area (Å²) >= 11 is 1.57. The zero-order valence-corrected chi connectivity index (χ0v) is 18.9. The molecule has 33 heavy (non-hydrogen) atoms. The minimum Gasteiger partial charge on any atom is -0.293 e. The predicted octanol–water partition coefficient (Wildman–Crippen LogP) is 4.48. The van der Waals surface area contributed by atoms with Gasteiger partial charge in [-0.15, -0.1) is 0 Å². The maximum atomic E-state index is 13.6. The van der Waals surface area contributed by atoms with Gasteiger partial charge in [0.15, 0.2) is 5.78 Å². The monoisotopic (exact) mass is 452 g/mol. The summed E-state index contributed by atoms with van der Waals surface area (Å²) in [5.74, 6) is -0.871. The lowest BCUT2D eigenvalue weighted by atomic mass is 9.65. The summed E-state index contributed by atoms with van der Waals surface area (Å²) in [6.07, 6.45) is 2.32. The zero-order chi connectivity index (χ0) is 22.7. The van der Waals surface area contributed by atoms with E-state index in [0.717, 1.165) is 26.4 Å². The van der Waals surface area contributed by atoms with E-state index in [1.54, 1.807) is 17.5 Å². The van der Waals surface area contributed by atoms with Crippen LogP contribution in [0.25, 0.3) is 26.9 Å². The van der Waals surface area contributed by atoms with E-state index in [1.807, 2.05) is 67.4 Å². The molecule has 6 rings (SSSR count). The van der Waals surface area contributed by atoms with E-state index >= 15 is 0 Å². The van der Waals surface area contributed by atoms with Gasteiger partial charge >= 0.3 is 0 Å². The number of hydrogen-bond donors (Lipinski definition) is 1. The molecular weight excluding hydrogens is 432 g/mol. The number of hydrogen-bond acceptors (Lipinski definition) is 8. The Balaban J connectivity index is 1.52. The quantitative estimate of drug-likeness (QED) is 0.479. The third-order valence-corrected chi connectivity index (χ3v) is 7.53. The number of nitrogens with zero attached hydrogens (tertiary/aromatic N) is 5. The number of Topliss-reactive ketones (excluding diaryl/α,β-unsaturated/α-hetero) is 1. The highest BCUT2D eigenvalue weighted by atomic mass is 32.1. The van der Waals surface area contributed by atoms with E-state index in [0.29, 0.717) is 23.4 Å². The predicted molar refractivity (Wildman–Crippen MR) is 128 cm³/mol. The second kappa shape index (κ2) is 7.09. The Kier molecular flexibility index (Phi) is 4.26. The molecule has 8 heteroatoms. The first-order valence-corrected chi connectivity index (χ1v) is 11.6. The molecule has 2 atom stereocenters. The summed E-state index contributed by atoms with van der Waals surface area (Å²) in [6.45, 7) is 3.97. The molecule has 162 valence electrons. The molecule has 2 aromatic heterocycles. The molecule has 2 unspecified atom stereocenters. The van der Waals surface area contributed by atoms with Gasteiger partial charge < -0.3 is 0 Å². The Morgan fingerprint density at radius 3 is 2.58 bits per heavy atom. The number of thiazole rings is 1. The van der Waals surface area contributed by atoms with Gasteiger partial charge in [0, 0.05) is 5.57 Å². The number of fused-ring (bicyclic) bond motifs is 3. The molecule has 4 aromatic rings. The van der Waals surface area contributed by atoms with Crippen molar-refractivity contribution in [3.05, 3.63) is 66.0 Å². The van der Waals surface area contributed by atoms with Gasteiger partial charge in [0.05, 0.1) is 45.3 Å². The second-order valence-electron chi connectivity index (χ2n) is 9.11. The van der Waals surface area contributed by atoms with Crippen LogP contribution in [0.3, 0.4) is 0 Å². The fourth-order valence-corrected chi connectivity index (χ4v) is 5.79. The van der Waals surface area contributed by atoms with Crippen LogP contribution in [0.5, 0.6) is 0 Å². The number of nitrogens with one attached hydrogen (secondary N) is 1. The van der Waals surface area contributed by atoms with Gasteiger partial charge in [-0.3, -0.25) is 20.2 Å². The smallest absolute Gasteiger partial charge is 0.205 e. The number of para-hydroxylation sites is 3. The fourth-order valence-electron chi connectivity index (χ4n) is 4.81. The van der Waals surface area contributed by atoms with Crippen LogP contribution in [-0.2, 0) is 4.79 Å². The van der Waals surface area contributed by atoms with Crippen molar-refractivity contribution in [2.24, 2.45) is 11.3 Å². The summed E-state index contributed by atoms with van der Waals surface area (Å²) in [5, 5.41) is 12.6. The molecule has 0 spiro atoms. The molecular formula is C25H20N6OS.